The number of aryl methyl sites for hydroxylation is 1. The number of esters is 1. The number of hydrogen-bond donors (Lipinski definition) is 7. The number of oxime groups is 1. The molecule has 19 nitrogen and oxygen atoms in total. The van der Waals surface area contributed by atoms with Crippen LogP contribution in [0.4, 0.5) is 13.2 Å². The zero-order valence-corrected chi connectivity index (χ0v) is 46.3. The van der Waals surface area contributed by atoms with Crippen LogP contribution < -0.4 is 17.0 Å². The maximum atomic E-state index is 11.4. The number of aliphatic hydroxyl groups excluding tert-OH is 2. The van der Waals surface area contributed by atoms with Gasteiger partial charge in [-0.05, 0) is 55.1 Å². The number of aromatic amines is 3. The van der Waals surface area contributed by atoms with E-state index in [1.165, 1.54) is 37.4 Å². The van der Waals surface area contributed by atoms with E-state index in [0.29, 0.717) is 36.1 Å². The Morgan fingerprint density at radius 2 is 1.38 bits per heavy atom. The topological polar surface area (TPSA) is 302 Å². The van der Waals surface area contributed by atoms with E-state index < -0.39 is 24.0 Å². The molecule has 0 saturated carbocycles. The Balaban J connectivity index is -0.000000224. The number of amidine groups is 1. The molecule has 0 spiro atoms. The lowest BCUT2D eigenvalue weighted by Gasteiger charge is -2.16. The lowest BCUT2D eigenvalue weighted by atomic mass is 10.1. The van der Waals surface area contributed by atoms with Crippen LogP contribution in [-0.4, -0.2) is 98.5 Å². The van der Waals surface area contributed by atoms with E-state index in [-0.39, 0.29) is 46.8 Å². The molecule has 0 aliphatic rings. The Bertz CT molecular complexity index is 1970. The summed E-state index contributed by atoms with van der Waals surface area (Å²) in [6, 6.07) is 2.15. The van der Waals surface area contributed by atoms with Crippen LogP contribution >= 0.6 is 23.1 Å². The van der Waals surface area contributed by atoms with E-state index in [0.717, 1.165) is 17.1 Å². The fourth-order valence-corrected chi connectivity index (χ4v) is 4.47. The first kappa shape index (κ1) is 73.2. The van der Waals surface area contributed by atoms with Crippen LogP contribution in [0.25, 0.3) is 0 Å². The molecule has 8 N–H and O–H groups in total. The predicted molar refractivity (Wildman–Crippen MR) is 269 cm³/mol. The minimum atomic E-state index is -4.46. The Hall–Kier alpha value is -4.81. The Morgan fingerprint density at radius 3 is 1.49 bits per heavy atom. The number of Topliss-reactive ketones (excluding diaryl/α,β-unsaturated/α-hetero) is 1. The normalized spacial score (nSPS) is 11.2. The molecular weight excluding hydrogens is 946 g/mol. The number of methoxy groups -OCH3 is 1. The Labute approximate surface area is 415 Å². The molecule has 4 rings (SSSR count). The molecule has 0 saturated heterocycles. The van der Waals surface area contributed by atoms with Gasteiger partial charge < -0.3 is 25.9 Å². The number of nitrogens with one attached hydrogen (secondary N) is 3. The van der Waals surface area contributed by atoms with E-state index in [4.69, 9.17) is 21.2 Å². The molecule has 0 aromatic carbocycles. The largest absolute Gasteiger partial charge is 0.469 e. The highest BCUT2D eigenvalue weighted by Gasteiger charge is 2.39. The predicted octanol–water partition coefficient (Wildman–Crippen LogP) is 9.58. The number of aromatic nitrogens is 8. The summed E-state index contributed by atoms with van der Waals surface area (Å²) in [5, 5.41) is 45.9. The number of nitrogens with zero attached hydrogens (tertiary/aromatic N) is 6. The summed E-state index contributed by atoms with van der Waals surface area (Å²) in [4.78, 5) is 45.4. The van der Waals surface area contributed by atoms with E-state index >= 15 is 0 Å². The molecule has 402 valence electrons. The minimum Gasteiger partial charge on any atom is -0.469 e. The lowest BCUT2D eigenvalue weighted by Crippen LogP contribution is -2.33. The molecular formula is C45H85F3N10O9S2. The van der Waals surface area contributed by atoms with Crippen molar-refractivity contribution in [3.8, 4) is 0 Å². The summed E-state index contributed by atoms with van der Waals surface area (Å²) in [6.07, 6.45) is -6.65. The third-order valence-corrected chi connectivity index (χ3v) is 9.70. The third-order valence-electron chi connectivity index (χ3n) is 7.84. The molecule has 0 radical (unpaired) electrons. The highest BCUT2D eigenvalue weighted by molar-refractivity contribution is 7.05. The van der Waals surface area contributed by atoms with Gasteiger partial charge in [0.25, 0.3) is 5.56 Å². The van der Waals surface area contributed by atoms with Crippen molar-refractivity contribution in [1.29, 1.82) is 0 Å². The molecule has 0 aliphatic carbocycles. The summed E-state index contributed by atoms with van der Waals surface area (Å²) in [5.41, 5.74) is 7.21. The van der Waals surface area contributed by atoms with Crippen molar-refractivity contribution in [2.45, 2.75) is 174 Å². The summed E-state index contributed by atoms with van der Waals surface area (Å²) >= 11 is 2.96. The number of carbonyl (C=O) groups excluding carboxylic acids is 2. The van der Waals surface area contributed by atoms with Crippen LogP contribution in [0.3, 0.4) is 0 Å². The average molecular weight is 1030 g/mol. The molecule has 1 unspecified atom stereocenters. The smallest absolute Gasteiger partial charge is 0.438 e. The first-order chi connectivity index (χ1) is 31.5. The van der Waals surface area contributed by atoms with Crippen LogP contribution in [0.5, 0.6) is 0 Å². The second kappa shape index (κ2) is 41.0. The number of aliphatic hydroxyl groups is 2. The first-order valence-corrected chi connectivity index (χ1v) is 24.0. The zero-order chi connectivity index (χ0) is 55.4. The van der Waals surface area contributed by atoms with Crippen molar-refractivity contribution in [1.82, 2.24) is 39.5 Å². The highest BCUT2D eigenvalue weighted by atomic mass is 32.1. The summed E-state index contributed by atoms with van der Waals surface area (Å²) in [6.45, 7) is 37.9. The maximum Gasteiger partial charge on any atom is 0.438 e. The van der Waals surface area contributed by atoms with Gasteiger partial charge in [-0.1, -0.05) is 152 Å². The van der Waals surface area contributed by atoms with Gasteiger partial charge in [0.05, 0.1) is 18.7 Å². The molecule has 0 bridgehead atoms. The molecule has 0 fully saturated rings. The zero-order valence-electron chi connectivity index (χ0n) is 44.6. The summed E-state index contributed by atoms with van der Waals surface area (Å²) < 4.78 is 49.8. The van der Waals surface area contributed by atoms with Gasteiger partial charge in [0.1, 0.15) is 11.6 Å². The van der Waals surface area contributed by atoms with Crippen molar-refractivity contribution in [3.63, 3.8) is 0 Å². The molecule has 1 atom stereocenters. The third kappa shape index (κ3) is 43.0. The van der Waals surface area contributed by atoms with Crippen LogP contribution in [0.15, 0.2) is 30.7 Å². The van der Waals surface area contributed by atoms with E-state index in [1.54, 1.807) is 32.3 Å². The number of nitrogens with two attached hydrogens (primary N) is 1. The fourth-order valence-electron chi connectivity index (χ4n) is 2.95. The Morgan fingerprint density at radius 1 is 0.870 bits per heavy atom. The lowest BCUT2D eigenvalue weighted by molar-refractivity contribution is -0.215. The number of carbonyl (C=O) groups is 2. The van der Waals surface area contributed by atoms with Gasteiger partial charge in [-0.2, -0.15) is 22.8 Å². The number of hydrogen-bond acceptors (Lipinski definition) is 17. The molecule has 4 aromatic rings. The number of alkyl halides is 3. The van der Waals surface area contributed by atoms with Gasteiger partial charge in [-0.3, -0.25) is 28.3 Å². The molecule has 4 aromatic heterocycles. The summed E-state index contributed by atoms with van der Waals surface area (Å²) in [7, 11) is 1.39. The SMILES string of the molecule is CC(=O)C(C)C.CC(C)/C(N)=N/O.CC(C)C(O)C(F)(F)F.CC(C)CO.CC(C)c1cs[nH]c1=O.CC(C)c1nn[nH]n1.CC(C)c1noc(=O)[nH]1.COC(=O)C(C)C.Cc1cc(C(C)C)sn1. The Kier molecular flexibility index (Phi) is 43.5. The van der Waals surface area contributed by atoms with Gasteiger partial charge in [0.15, 0.2) is 17.8 Å². The number of rotatable bonds is 9. The number of tetrazole rings is 1. The highest BCUT2D eigenvalue weighted by Crippen LogP contribution is 2.24. The number of halogens is 3. The van der Waals surface area contributed by atoms with Gasteiger partial charge in [0.2, 0.25) is 0 Å². The molecule has 4 heterocycles. The van der Waals surface area contributed by atoms with Crippen LogP contribution in [0, 0.1) is 36.5 Å². The maximum absolute atomic E-state index is 11.4. The summed E-state index contributed by atoms with van der Waals surface area (Å²) in [5.74, 6) is 2.88. The molecule has 69 heavy (non-hydrogen) atoms. The van der Waals surface area contributed by atoms with E-state index in [9.17, 15) is 32.3 Å². The monoisotopic (exact) mass is 1030 g/mol. The molecule has 0 aliphatic heterocycles. The van der Waals surface area contributed by atoms with Crippen molar-refractivity contribution in [2.75, 3.05) is 13.7 Å². The van der Waals surface area contributed by atoms with E-state index in [1.807, 2.05) is 95.4 Å². The van der Waals surface area contributed by atoms with Gasteiger partial charge in [-0.25, -0.2) is 4.79 Å². The van der Waals surface area contributed by atoms with Crippen molar-refractivity contribution < 1.29 is 47.4 Å². The molecule has 0 amide bonds. The first-order valence-electron chi connectivity index (χ1n) is 22.3. The van der Waals surface area contributed by atoms with Crippen LogP contribution in [-0.2, 0) is 14.3 Å². The van der Waals surface area contributed by atoms with E-state index in [2.05, 4.69) is 73.8 Å². The number of H-pyrrole nitrogens is 3. The van der Waals surface area contributed by atoms with Crippen molar-refractivity contribution >= 4 is 40.7 Å². The van der Waals surface area contributed by atoms with Gasteiger partial charge in [0, 0.05) is 46.1 Å². The fraction of sp³-hybridized carbons (Fsp3) is 0.733. The second-order valence-electron chi connectivity index (χ2n) is 17.8. The second-order valence-corrected chi connectivity index (χ2v) is 19.3. The van der Waals surface area contributed by atoms with Crippen LogP contribution in [0.1, 0.15) is 183 Å². The standard InChI is InChI=1S/C7H11NS.C6H9NOS.C5H9F3O.C5H8N2O2.C5H10O2.C5H10O.C4H8N4.C4H10N2O.C4H10O/c1-5(2)7-4-6(3)8-9-7;1-4(2)5-3-9-7-6(5)8;1-3(2)4(9)5(6,7)8;1-3(2)4-6-5(8)9-7-4;1-4(2)5(6)7-3;1-4(2)5(3)6;1-3(2)4-5-7-8-6-4;1-3(2)4(5)6-7;1-4(2)3-5/h4-5H,1-3H3;3-4H,1-2H3,(H,7,8);3-4,9H,1-2H3;3H,1-2H3,(H,6,7,8);4H,1-3H3;4H,1-3H3;3H,1-2H3,(H,5,6,7,8);3,7H,1-2H3,(H2,5,6);4-5H,3H2,1-2H3. The quantitative estimate of drug-likeness (QED) is 0.0270. The van der Waals surface area contributed by atoms with Gasteiger partial charge >= 0.3 is 17.9 Å². The average Bonchev–Trinajstić information content (AvgIpc) is 4.11. The van der Waals surface area contributed by atoms with Crippen LogP contribution in [0.2, 0.25) is 0 Å². The number of ketones is 1. The van der Waals surface area contributed by atoms with Gasteiger partial charge in [-0.15, -0.1) is 10.2 Å². The number of ether oxygens (including phenoxy) is 1. The van der Waals surface area contributed by atoms with Crippen molar-refractivity contribution in [3.05, 3.63) is 60.1 Å². The minimum absolute atomic E-state index is 0.00463. The molecule has 24 heteroatoms. The van der Waals surface area contributed by atoms with Crippen molar-refractivity contribution in [2.24, 2.45) is 40.5 Å².